The van der Waals surface area contributed by atoms with Crippen molar-refractivity contribution in [3.8, 4) is 17.2 Å². The van der Waals surface area contributed by atoms with Gasteiger partial charge >= 0.3 is 0 Å². The summed E-state index contributed by atoms with van der Waals surface area (Å²) in [5.41, 5.74) is 1.57. The summed E-state index contributed by atoms with van der Waals surface area (Å²) in [7, 11) is 0. The minimum Gasteiger partial charge on any atom is -0.504 e. The minimum atomic E-state index is -0.525. The van der Waals surface area contributed by atoms with Crippen molar-refractivity contribution in [1.29, 1.82) is 0 Å². The maximum absolute atomic E-state index is 10.0. The Labute approximate surface area is 162 Å². The monoisotopic (exact) mass is 387 g/mol. The second kappa shape index (κ2) is 7.76. The summed E-state index contributed by atoms with van der Waals surface area (Å²) < 4.78 is 1.91. The van der Waals surface area contributed by atoms with Crippen molar-refractivity contribution in [3.63, 3.8) is 0 Å². The van der Waals surface area contributed by atoms with Crippen molar-refractivity contribution >= 4 is 17.6 Å². The number of benzene rings is 1. The Kier molecular flexibility index (Phi) is 5.20. The summed E-state index contributed by atoms with van der Waals surface area (Å²) >= 11 is 1.73. The van der Waals surface area contributed by atoms with Crippen molar-refractivity contribution in [3.05, 3.63) is 33.1 Å². The molecule has 0 amide bonds. The highest BCUT2D eigenvalue weighted by Gasteiger charge is 2.19. The highest BCUT2D eigenvalue weighted by Crippen LogP contribution is 2.36. The van der Waals surface area contributed by atoms with Crippen LogP contribution in [-0.4, -0.2) is 32.3 Å². The number of rotatable bonds is 3. The van der Waals surface area contributed by atoms with E-state index in [0.717, 1.165) is 36.9 Å². The standard InChI is InChI=1S/C20H25N3O3S/c24-16-11-10-13(18(25)19(16)26)12-21-23-15-8-4-5-9-17(15)27-20(23)22-14-6-2-1-3-7-14/h10-12,14,24-26H,1-9H2. The summed E-state index contributed by atoms with van der Waals surface area (Å²) in [4.78, 5) is 7.28. The van der Waals surface area contributed by atoms with Crippen LogP contribution >= 0.6 is 11.3 Å². The highest BCUT2D eigenvalue weighted by molar-refractivity contribution is 7.09. The molecule has 1 aromatic carbocycles. The van der Waals surface area contributed by atoms with Crippen LogP contribution in [0.3, 0.4) is 0 Å². The first kappa shape index (κ1) is 18.1. The van der Waals surface area contributed by atoms with E-state index in [-0.39, 0.29) is 11.5 Å². The molecule has 2 aliphatic carbocycles. The van der Waals surface area contributed by atoms with Crippen LogP contribution in [0, 0.1) is 0 Å². The average molecular weight is 388 g/mol. The molecular formula is C20H25N3O3S. The normalized spacial score (nSPS) is 18.9. The molecule has 1 fully saturated rings. The molecule has 7 heteroatoms. The minimum absolute atomic E-state index is 0.349. The highest BCUT2D eigenvalue weighted by atomic mass is 32.1. The van der Waals surface area contributed by atoms with Crippen LogP contribution in [-0.2, 0) is 12.8 Å². The lowest BCUT2D eigenvalue weighted by Gasteiger charge is -2.16. The zero-order valence-corrected chi connectivity index (χ0v) is 16.1. The molecule has 0 saturated heterocycles. The molecule has 1 heterocycles. The molecule has 0 radical (unpaired) electrons. The Hall–Kier alpha value is -2.28. The van der Waals surface area contributed by atoms with E-state index in [4.69, 9.17) is 4.99 Å². The first-order chi connectivity index (χ1) is 13.1. The van der Waals surface area contributed by atoms with Crippen molar-refractivity contribution in [2.75, 3.05) is 0 Å². The van der Waals surface area contributed by atoms with Gasteiger partial charge in [-0.05, 0) is 50.7 Å². The van der Waals surface area contributed by atoms with E-state index < -0.39 is 5.75 Å². The SMILES string of the molecule is Oc1ccc(C=Nn2c3c(sc2=NC2CCCCC2)CCCC3)c(O)c1O. The number of aryl methyl sites for hydroxylation is 1. The van der Waals surface area contributed by atoms with Crippen LogP contribution in [0.25, 0.3) is 0 Å². The van der Waals surface area contributed by atoms with E-state index in [1.54, 1.807) is 11.3 Å². The van der Waals surface area contributed by atoms with Crippen molar-refractivity contribution in [2.24, 2.45) is 10.1 Å². The molecule has 4 rings (SSSR count). The Morgan fingerprint density at radius 3 is 2.56 bits per heavy atom. The predicted molar refractivity (Wildman–Crippen MR) is 106 cm³/mol. The lowest BCUT2D eigenvalue weighted by Crippen LogP contribution is -2.20. The molecule has 1 saturated carbocycles. The van der Waals surface area contributed by atoms with Gasteiger partial charge in [0.2, 0.25) is 10.6 Å². The fraction of sp³-hybridized carbons (Fsp3) is 0.500. The van der Waals surface area contributed by atoms with Crippen molar-refractivity contribution < 1.29 is 15.3 Å². The molecule has 2 aromatic rings. The average Bonchev–Trinajstić information content (AvgIpc) is 3.03. The van der Waals surface area contributed by atoms with Crippen LogP contribution in [0.2, 0.25) is 0 Å². The second-order valence-corrected chi connectivity index (χ2v) is 8.37. The smallest absolute Gasteiger partial charge is 0.206 e. The van der Waals surface area contributed by atoms with Gasteiger partial charge in [0.25, 0.3) is 0 Å². The largest absolute Gasteiger partial charge is 0.504 e. The lowest BCUT2D eigenvalue weighted by atomic mass is 9.96. The molecule has 0 spiro atoms. The third-order valence-electron chi connectivity index (χ3n) is 5.38. The van der Waals surface area contributed by atoms with Crippen LogP contribution in [0.15, 0.2) is 22.2 Å². The van der Waals surface area contributed by atoms with Gasteiger partial charge in [0.05, 0.1) is 18.0 Å². The van der Waals surface area contributed by atoms with E-state index in [1.165, 1.54) is 54.6 Å². The van der Waals surface area contributed by atoms with Crippen LogP contribution in [0.4, 0.5) is 0 Å². The zero-order valence-electron chi connectivity index (χ0n) is 15.3. The lowest BCUT2D eigenvalue weighted by molar-refractivity contribution is 0.367. The molecule has 6 nitrogen and oxygen atoms in total. The Balaban J connectivity index is 1.74. The first-order valence-corrected chi connectivity index (χ1v) is 10.5. The first-order valence-electron chi connectivity index (χ1n) is 9.69. The Morgan fingerprint density at radius 2 is 1.74 bits per heavy atom. The fourth-order valence-corrected chi connectivity index (χ4v) is 5.06. The summed E-state index contributed by atoms with van der Waals surface area (Å²) in [5, 5.41) is 33.9. The quantitative estimate of drug-likeness (QED) is 0.554. The molecule has 2 aliphatic rings. The zero-order chi connectivity index (χ0) is 18.8. The molecule has 144 valence electrons. The van der Waals surface area contributed by atoms with Gasteiger partial charge in [0.1, 0.15) is 0 Å². The number of hydrogen-bond donors (Lipinski definition) is 3. The van der Waals surface area contributed by atoms with Gasteiger partial charge in [-0.2, -0.15) is 5.10 Å². The maximum Gasteiger partial charge on any atom is 0.206 e. The number of thiazole rings is 1. The summed E-state index contributed by atoms with van der Waals surface area (Å²) in [5.74, 6) is -1.24. The number of phenols is 3. The molecular weight excluding hydrogens is 362 g/mol. The van der Waals surface area contributed by atoms with E-state index >= 15 is 0 Å². The van der Waals surface area contributed by atoms with Crippen LogP contribution < -0.4 is 4.80 Å². The Bertz CT molecular complexity index is 923. The number of nitrogens with zero attached hydrogens (tertiary/aromatic N) is 3. The molecule has 0 aliphatic heterocycles. The topological polar surface area (TPSA) is 90.3 Å². The van der Waals surface area contributed by atoms with E-state index in [1.807, 2.05) is 4.68 Å². The van der Waals surface area contributed by atoms with Gasteiger partial charge in [-0.15, -0.1) is 0 Å². The molecule has 27 heavy (non-hydrogen) atoms. The third-order valence-corrected chi connectivity index (χ3v) is 6.53. The molecule has 1 aromatic heterocycles. The molecule has 0 bridgehead atoms. The number of aromatic nitrogens is 1. The fourth-order valence-electron chi connectivity index (χ4n) is 3.84. The number of hydrogen-bond acceptors (Lipinski definition) is 6. The van der Waals surface area contributed by atoms with Gasteiger partial charge in [-0.3, -0.25) is 4.99 Å². The van der Waals surface area contributed by atoms with Gasteiger partial charge in [0, 0.05) is 10.4 Å². The second-order valence-electron chi connectivity index (χ2n) is 7.31. The van der Waals surface area contributed by atoms with Crippen molar-refractivity contribution in [2.45, 2.75) is 63.8 Å². The summed E-state index contributed by atoms with van der Waals surface area (Å²) in [6.07, 6.45) is 12.0. The summed E-state index contributed by atoms with van der Waals surface area (Å²) in [6.45, 7) is 0. The number of aromatic hydroxyl groups is 3. The third kappa shape index (κ3) is 3.74. The number of fused-ring (bicyclic) bond motifs is 1. The van der Waals surface area contributed by atoms with Crippen molar-refractivity contribution in [1.82, 2.24) is 4.68 Å². The van der Waals surface area contributed by atoms with Gasteiger partial charge in [-0.25, -0.2) is 4.68 Å². The van der Waals surface area contributed by atoms with Gasteiger partial charge < -0.3 is 15.3 Å². The van der Waals surface area contributed by atoms with Crippen LogP contribution in [0.5, 0.6) is 17.2 Å². The molecule has 0 atom stereocenters. The Morgan fingerprint density at radius 1 is 0.963 bits per heavy atom. The molecule has 0 unspecified atom stereocenters. The maximum atomic E-state index is 10.0. The van der Waals surface area contributed by atoms with E-state index in [9.17, 15) is 15.3 Å². The van der Waals surface area contributed by atoms with Gasteiger partial charge in [-0.1, -0.05) is 30.6 Å². The van der Waals surface area contributed by atoms with Crippen LogP contribution in [0.1, 0.15) is 61.1 Å². The van der Waals surface area contributed by atoms with Gasteiger partial charge in [0.15, 0.2) is 11.5 Å². The summed E-state index contributed by atoms with van der Waals surface area (Å²) in [6, 6.07) is 3.24. The van der Waals surface area contributed by atoms with E-state index in [0.29, 0.717) is 11.6 Å². The van der Waals surface area contributed by atoms with E-state index in [2.05, 4.69) is 5.10 Å². The predicted octanol–water partition coefficient (Wildman–Crippen LogP) is 3.66. The number of phenolic OH excluding ortho intramolecular Hbond substituents is 3. The molecule has 3 N–H and O–H groups in total.